The van der Waals surface area contributed by atoms with E-state index in [-0.39, 0.29) is 0 Å². The Bertz CT molecular complexity index is 469. The average Bonchev–Trinajstić information content (AvgIpc) is 2.93. The summed E-state index contributed by atoms with van der Waals surface area (Å²) in [6.07, 6.45) is 9.22. The third-order valence-electron chi connectivity index (χ3n) is 4.03. The van der Waals surface area contributed by atoms with Crippen molar-refractivity contribution in [2.24, 2.45) is 11.8 Å². The lowest BCUT2D eigenvalue weighted by molar-refractivity contribution is -0.127. The van der Waals surface area contributed by atoms with Gasteiger partial charge in [-0.05, 0) is 57.1 Å². The van der Waals surface area contributed by atoms with Crippen LogP contribution in [0.5, 0.6) is 0 Å². The van der Waals surface area contributed by atoms with Crippen LogP contribution < -0.4 is 5.73 Å². The molecule has 1 aliphatic carbocycles. The molecule has 1 heterocycles. The molecule has 1 saturated carbocycles. The maximum atomic E-state index is 8.08. The second kappa shape index (κ2) is 12.5. The van der Waals surface area contributed by atoms with Gasteiger partial charge in [-0.2, -0.15) is 0 Å². The van der Waals surface area contributed by atoms with Crippen molar-refractivity contribution in [3.8, 4) is 0 Å². The standard InChI is InChI=1S/C15H23ClN2.C3H8O2.C2H6/c1-11-6-7-12(10-11)4-2-3-5-13-8-9-14(16)15(17)18-13;1-3(2,4)5;1-2/h8-9,11-12H,2-7,10H2,1H3,(H2,17,18);4-5H,1-2H3;1-2H3. The SMILES string of the molecule is CC.CC(C)(O)O.CC1CCC(CCCCc2ccc(Cl)c(N)n2)C1. The first-order valence-corrected chi connectivity index (χ1v) is 9.88. The molecule has 4 N–H and O–H groups in total. The van der Waals surface area contributed by atoms with Gasteiger partial charge < -0.3 is 15.9 Å². The van der Waals surface area contributed by atoms with Crippen molar-refractivity contribution >= 4 is 17.4 Å². The zero-order valence-corrected chi connectivity index (χ0v) is 17.3. The number of halogens is 1. The highest BCUT2D eigenvalue weighted by Crippen LogP contribution is 2.33. The number of anilines is 1. The van der Waals surface area contributed by atoms with Gasteiger partial charge in [-0.3, -0.25) is 0 Å². The van der Waals surface area contributed by atoms with E-state index in [9.17, 15) is 0 Å². The Labute approximate surface area is 158 Å². The number of aryl methyl sites for hydroxylation is 1. The lowest BCUT2D eigenvalue weighted by Crippen LogP contribution is -2.15. The monoisotopic (exact) mass is 372 g/mol. The topological polar surface area (TPSA) is 79.4 Å². The van der Waals surface area contributed by atoms with Crippen molar-refractivity contribution in [1.82, 2.24) is 4.98 Å². The Morgan fingerprint density at radius 2 is 1.80 bits per heavy atom. The third-order valence-corrected chi connectivity index (χ3v) is 4.35. The highest BCUT2D eigenvalue weighted by atomic mass is 35.5. The zero-order chi connectivity index (χ0) is 19.5. The van der Waals surface area contributed by atoms with Gasteiger partial charge in [0.25, 0.3) is 0 Å². The van der Waals surface area contributed by atoms with E-state index in [4.69, 9.17) is 27.5 Å². The summed E-state index contributed by atoms with van der Waals surface area (Å²) in [6, 6.07) is 3.83. The Kier molecular flexibility index (Phi) is 12.1. The molecule has 0 spiro atoms. The molecule has 4 nitrogen and oxygen atoms in total. The predicted molar refractivity (Wildman–Crippen MR) is 108 cm³/mol. The van der Waals surface area contributed by atoms with E-state index < -0.39 is 5.79 Å². The molecule has 5 heteroatoms. The Morgan fingerprint density at radius 3 is 2.28 bits per heavy atom. The van der Waals surface area contributed by atoms with Crippen LogP contribution in [0.3, 0.4) is 0 Å². The molecule has 0 aliphatic heterocycles. The molecule has 0 amide bonds. The van der Waals surface area contributed by atoms with Crippen molar-refractivity contribution < 1.29 is 10.2 Å². The van der Waals surface area contributed by atoms with Crippen molar-refractivity contribution in [2.45, 2.75) is 85.4 Å². The Morgan fingerprint density at radius 1 is 1.20 bits per heavy atom. The van der Waals surface area contributed by atoms with Crippen LogP contribution in [-0.2, 0) is 6.42 Å². The second-order valence-electron chi connectivity index (χ2n) is 7.19. The van der Waals surface area contributed by atoms with E-state index >= 15 is 0 Å². The Hall–Kier alpha value is -0.840. The molecule has 0 bridgehead atoms. The fourth-order valence-electron chi connectivity index (χ4n) is 2.97. The van der Waals surface area contributed by atoms with Crippen LogP contribution in [0.4, 0.5) is 5.82 Å². The Balaban J connectivity index is 0.000000710. The van der Waals surface area contributed by atoms with Gasteiger partial charge in [-0.15, -0.1) is 0 Å². The number of hydrogen-bond acceptors (Lipinski definition) is 4. The number of aromatic nitrogens is 1. The second-order valence-corrected chi connectivity index (χ2v) is 7.60. The molecule has 0 saturated heterocycles. The minimum Gasteiger partial charge on any atom is -0.382 e. The lowest BCUT2D eigenvalue weighted by Gasteiger charge is -2.09. The van der Waals surface area contributed by atoms with Gasteiger partial charge in [0.2, 0.25) is 0 Å². The molecular weight excluding hydrogens is 336 g/mol. The van der Waals surface area contributed by atoms with E-state index in [1.165, 1.54) is 52.4 Å². The van der Waals surface area contributed by atoms with Crippen LogP contribution in [0, 0.1) is 11.8 Å². The molecule has 2 unspecified atom stereocenters. The zero-order valence-electron chi connectivity index (χ0n) is 16.6. The smallest absolute Gasteiger partial charge is 0.156 e. The van der Waals surface area contributed by atoms with Crippen LogP contribution in [0.25, 0.3) is 0 Å². The lowest BCUT2D eigenvalue weighted by atomic mass is 9.98. The molecule has 0 radical (unpaired) electrons. The van der Waals surface area contributed by atoms with E-state index in [2.05, 4.69) is 11.9 Å². The summed E-state index contributed by atoms with van der Waals surface area (Å²) in [7, 11) is 0. The fourth-order valence-corrected chi connectivity index (χ4v) is 3.07. The molecule has 25 heavy (non-hydrogen) atoms. The van der Waals surface area contributed by atoms with E-state index in [0.717, 1.165) is 24.0 Å². The first-order valence-electron chi connectivity index (χ1n) is 9.50. The number of nitrogens with two attached hydrogens (primary N) is 1. The first kappa shape index (κ1) is 24.2. The van der Waals surface area contributed by atoms with Gasteiger partial charge in [0, 0.05) is 5.69 Å². The number of unbranched alkanes of at least 4 members (excludes halogenated alkanes) is 1. The quantitative estimate of drug-likeness (QED) is 0.490. The number of aliphatic hydroxyl groups is 2. The minimum atomic E-state index is -1.50. The van der Waals surface area contributed by atoms with Crippen molar-refractivity contribution in [1.29, 1.82) is 0 Å². The summed E-state index contributed by atoms with van der Waals surface area (Å²) < 4.78 is 0. The molecular formula is C20H37ClN2O2. The fraction of sp³-hybridized carbons (Fsp3) is 0.750. The summed E-state index contributed by atoms with van der Waals surface area (Å²) >= 11 is 5.85. The number of nitrogen functional groups attached to an aromatic ring is 1. The van der Waals surface area contributed by atoms with Crippen LogP contribution in [0.1, 0.15) is 78.8 Å². The summed E-state index contributed by atoms with van der Waals surface area (Å²) in [5.41, 5.74) is 6.76. The molecule has 146 valence electrons. The van der Waals surface area contributed by atoms with Gasteiger partial charge in [-0.1, -0.05) is 58.1 Å². The highest BCUT2D eigenvalue weighted by Gasteiger charge is 2.20. The predicted octanol–water partition coefficient (Wildman–Crippen LogP) is 5.20. The van der Waals surface area contributed by atoms with E-state index in [0.29, 0.717) is 10.8 Å². The number of hydrogen-bond donors (Lipinski definition) is 3. The highest BCUT2D eigenvalue weighted by molar-refractivity contribution is 6.32. The van der Waals surface area contributed by atoms with E-state index in [1.54, 1.807) is 0 Å². The maximum Gasteiger partial charge on any atom is 0.156 e. The summed E-state index contributed by atoms with van der Waals surface area (Å²) in [5.74, 6) is 0.884. The van der Waals surface area contributed by atoms with Gasteiger partial charge >= 0.3 is 0 Å². The van der Waals surface area contributed by atoms with Crippen LogP contribution in [-0.4, -0.2) is 21.0 Å². The largest absolute Gasteiger partial charge is 0.382 e. The van der Waals surface area contributed by atoms with Crippen molar-refractivity contribution in [3.05, 3.63) is 22.8 Å². The van der Waals surface area contributed by atoms with Crippen molar-refractivity contribution in [2.75, 3.05) is 5.73 Å². The molecule has 1 aromatic heterocycles. The number of pyridine rings is 1. The summed E-state index contributed by atoms with van der Waals surface area (Å²) in [4.78, 5) is 4.30. The summed E-state index contributed by atoms with van der Waals surface area (Å²) in [6.45, 7) is 8.97. The molecule has 0 aromatic carbocycles. The van der Waals surface area contributed by atoms with Crippen LogP contribution >= 0.6 is 11.6 Å². The average molecular weight is 373 g/mol. The van der Waals surface area contributed by atoms with Crippen molar-refractivity contribution in [3.63, 3.8) is 0 Å². The molecule has 2 atom stereocenters. The molecule has 2 rings (SSSR count). The summed E-state index contributed by atoms with van der Waals surface area (Å²) in [5, 5.41) is 16.7. The van der Waals surface area contributed by atoms with Gasteiger partial charge in [0.1, 0.15) is 5.82 Å². The molecule has 1 aromatic rings. The third kappa shape index (κ3) is 13.1. The maximum absolute atomic E-state index is 8.08. The van der Waals surface area contributed by atoms with Gasteiger partial charge in [0.15, 0.2) is 5.79 Å². The first-order chi connectivity index (χ1) is 11.6. The molecule has 1 fully saturated rings. The van der Waals surface area contributed by atoms with Crippen LogP contribution in [0.2, 0.25) is 5.02 Å². The number of nitrogens with zero attached hydrogens (tertiary/aromatic N) is 1. The van der Waals surface area contributed by atoms with Gasteiger partial charge in [0.05, 0.1) is 5.02 Å². The minimum absolute atomic E-state index is 0.457. The number of rotatable bonds is 5. The van der Waals surface area contributed by atoms with Gasteiger partial charge in [-0.25, -0.2) is 4.98 Å². The van der Waals surface area contributed by atoms with Crippen LogP contribution in [0.15, 0.2) is 12.1 Å². The molecule has 1 aliphatic rings. The normalized spacial score (nSPS) is 19.5. The van der Waals surface area contributed by atoms with E-state index in [1.807, 2.05) is 26.0 Å².